The van der Waals surface area contributed by atoms with Gasteiger partial charge in [0, 0.05) is 12.2 Å². The molecular formula is C10H11F4N. The van der Waals surface area contributed by atoms with Crippen molar-refractivity contribution in [2.45, 2.75) is 13.1 Å². The number of halogens is 4. The van der Waals surface area contributed by atoms with Crippen molar-refractivity contribution in [3.63, 3.8) is 0 Å². The van der Waals surface area contributed by atoms with Crippen LogP contribution in [-0.4, -0.2) is 13.2 Å². The maximum absolute atomic E-state index is 12.3. The monoisotopic (exact) mass is 221 g/mol. The van der Waals surface area contributed by atoms with Crippen LogP contribution in [0.4, 0.5) is 23.2 Å². The lowest BCUT2D eigenvalue weighted by atomic mass is 10.1. The molecule has 1 aromatic rings. The molecule has 15 heavy (non-hydrogen) atoms. The maximum Gasteiger partial charge on any atom is 0.416 e. The third-order valence-electron chi connectivity index (χ3n) is 1.97. The van der Waals surface area contributed by atoms with E-state index < -0.39 is 18.4 Å². The second kappa shape index (κ2) is 4.51. The average molecular weight is 221 g/mol. The summed E-state index contributed by atoms with van der Waals surface area (Å²) in [6.45, 7) is 1.07. The van der Waals surface area contributed by atoms with Crippen LogP contribution in [0.25, 0.3) is 0 Å². The Morgan fingerprint density at radius 2 is 1.93 bits per heavy atom. The van der Waals surface area contributed by atoms with E-state index >= 15 is 0 Å². The van der Waals surface area contributed by atoms with Gasteiger partial charge in [-0.05, 0) is 24.6 Å². The lowest BCUT2D eigenvalue weighted by Crippen LogP contribution is -2.09. The SMILES string of the molecule is Cc1ccc(C(F)(F)F)cc1NCCF. The number of aryl methyl sites for hydroxylation is 1. The van der Waals surface area contributed by atoms with Gasteiger partial charge in [-0.1, -0.05) is 6.07 Å². The molecule has 1 rings (SSSR count). The zero-order valence-electron chi connectivity index (χ0n) is 8.16. The van der Waals surface area contributed by atoms with Gasteiger partial charge in [-0.2, -0.15) is 13.2 Å². The Labute approximate surface area is 85.1 Å². The maximum atomic E-state index is 12.3. The minimum absolute atomic E-state index is 0.0160. The third-order valence-corrected chi connectivity index (χ3v) is 1.97. The standard InChI is InChI=1S/C10H11F4N/c1-7-2-3-8(10(12,13)14)6-9(7)15-5-4-11/h2-3,6,15H,4-5H2,1H3. The number of benzene rings is 1. The zero-order chi connectivity index (χ0) is 11.5. The highest BCUT2D eigenvalue weighted by atomic mass is 19.4. The molecule has 5 heteroatoms. The number of hydrogen-bond acceptors (Lipinski definition) is 1. The zero-order valence-corrected chi connectivity index (χ0v) is 8.16. The minimum Gasteiger partial charge on any atom is -0.382 e. The Balaban J connectivity index is 2.95. The fourth-order valence-corrected chi connectivity index (χ4v) is 1.17. The summed E-state index contributed by atoms with van der Waals surface area (Å²) in [5.74, 6) is 0. The molecule has 0 amide bonds. The second-order valence-electron chi connectivity index (χ2n) is 3.14. The van der Waals surface area contributed by atoms with E-state index in [4.69, 9.17) is 0 Å². The van der Waals surface area contributed by atoms with Gasteiger partial charge in [0.15, 0.2) is 0 Å². The van der Waals surface area contributed by atoms with Gasteiger partial charge >= 0.3 is 6.18 Å². The van der Waals surface area contributed by atoms with Crippen LogP contribution in [0.1, 0.15) is 11.1 Å². The second-order valence-corrected chi connectivity index (χ2v) is 3.14. The first-order valence-corrected chi connectivity index (χ1v) is 4.43. The Morgan fingerprint density at radius 3 is 2.47 bits per heavy atom. The van der Waals surface area contributed by atoms with Crippen molar-refractivity contribution in [2.24, 2.45) is 0 Å². The Hall–Kier alpha value is -1.26. The van der Waals surface area contributed by atoms with Gasteiger partial charge in [0.05, 0.1) is 5.56 Å². The molecule has 0 radical (unpaired) electrons. The summed E-state index contributed by atoms with van der Waals surface area (Å²) in [6, 6.07) is 3.37. The van der Waals surface area contributed by atoms with Crippen molar-refractivity contribution in [3.05, 3.63) is 29.3 Å². The molecule has 0 unspecified atom stereocenters. The average Bonchev–Trinajstić information content (AvgIpc) is 2.15. The highest BCUT2D eigenvalue weighted by Gasteiger charge is 2.30. The largest absolute Gasteiger partial charge is 0.416 e. The van der Waals surface area contributed by atoms with Crippen LogP contribution in [0.2, 0.25) is 0 Å². The topological polar surface area (TPSA) is 12.0 Å². The van der Waals surface area contributed by atoms with Crippen molar-refractivity contribution >= 4 is 5.69 Å². The van der Waals surface area contributed by atoms with E-state index in [-0.39, 0.29) is 6.54 Å². The van der Waals surface area contributed by atoms with Gasteiger partial charge in [-0.25, -0.2) is 4.39 Å². The summed E-state index contributed by atoms with van der Waals surface area (Å²) < 4.78 is 48.8. The normalized spacial score (nSPS) is 11.5. The number of anilines is 1. The third kappa shape index (κ3) is 3.11. The highest BCUT2D eigenvalue weighted by molar-refractivity contribution is 5.53. The molecule has 0 aliphatic rings. The summed E-state index contributed by atoms with van der Waals surface area (Å²) in [4.78, 5) is 0. The van der Waals surface area contributed by atoms with E-state index in [1.807, 2.05) is 0 Å². The molecule has 1 N–H and O–H groups in total. The number of nitrogens with one attached hydrogen (secondary N) is 1. The summed E-state index contributed by atoms with van der Waals surface area (Å²) in [7, 11) is 0. The van der Waals surface area contributed by atoms with E-state index in [0.717, 1.165) is 12.1 Å². The smallest absolute Gasteiger partial charge is 0.382 e. The first-order chi connectivity index (χ1) is 6.95. The van der Waals surface area contributed by atoms with E-state index in [0.29, 0.717) is 11.3 Å². The predicted octanol–water partition coefficient (Wildman–Crippen LogP) is 3.40. The van der Waals surface area contributed by atoms with Crippen LogP contribution < -0.4 is 5.32 Å². The van der Waals surface area contributed by atoms with Crippen molar-refractivity contribution in [2.75, 3.05) is 18.5 Å². The molecule has 0 aliphatic heterocycles. The molecule has 1 aromatic carbocycles. The molecule has 0 heterocycles. The van der Waals surface area contributed by atoms with Gasteiger partial charge in [0.2, 0.25) is 0 Å². The van der Waals surface area contributed by atoms with Gasteiger partial charge < -0.3 is 5.32 Å². The molecule has 0 aliphatic carbocycles. The van der Waals surface area contributed by atoms with Crippen molar-refractivity contribution in [1.82, 2.24) is 0 Å². The van der Waals surface area contributed by atoms with E-state index in [2.05, 4.69) is 5.32 Å². The fraction of sp³-hybridized carbons (Fsp3) is 0.400. The lowest BCUT2D eigenvalue weighted by molar-refractivity contribution is -0.137. The van der Waals surface area contributed by atoms with Crippen molar-refractivity contribution in [3.8, 4) is 0 Å². The van der Waals surface area contributed by atoms with E-state index in [1.54, 1.807) is 6.92 Å². The molecule has 0 bridgehead atoms. The lowest BCUT2D eigenvalue weighted by Gasteiger charge is -2.12. The van der Waals surface area contributed by atoms with Crippen molar-refractivity contribution < 1.29 is 17.6 Å². The van der Waals surface area contributed by atoms with Crippen LogP contribution in [-0.2, 0) is 6.18 Å². The van der Waals surface area contributed by atoms with Crippen LogP contribution in [0.3, 0.4) is 0 Å². The molecule has 0 spiro atoms. The van der Waals surface area contributed by atoms with Gasteiger partial charge in [-0.15, -0.1) is 0 Å². The molecule has 0 fully saturated rings. The molecule has 1 nitrogen and oxygen atoms in total. The first-order valence-electron chi connectivity index (χ1n) is 4.43. The molecule has 0 saturated carbocycles. The predicted molar refractivity (Wildman–Crippen MR) is 50.6 cm³/mol. The summed E-state index contributed by atoms with van der Waals surface area (Å²) in [6.07, 6.45) is -4.36. The first kappa shape index (κ1) is 11.8. The van der Waals surface area contributed by atoms with Crippen LogP contribution in [0.5, 0.6) is 0 Å². The minimum atomic E-state index is -4.36. The molecule has 0 atom stereocenters. The summed E-state index contributed by atoms with van der Waals surface area (Å²) in [5.41, 5.74) is 0.258. The highest BCUT2D eigenvalue weighted by Crippen LogP contribution is 2.31. The Bertz CT molecular complexity index is 333. The summed E-state index contributed by atoms with van der Waals surface area (Å²) >= 11 is 0. The van der Waals surface area contributed by atoms with Gasteiger partial charge in [0.25, 0.3) is 0 Å². The van der Waals surface area contributed by atoms with Crippen molar-refractivity contribution in [1.29, 1.82) is 0 Å². The van der Waals surface area contributed by atoms with Crippen LogP contribution in [0, 0.1) is 6.92 Å². The van der Waals surface area contributed by atoms with Gasteiger partial charge in [0.1, 0.15) is 6.67 Å². The van der Waals surface area contributed by atoms with Crippen LogP contribution in [0.15, 0.2) is 18.2 Å². The van der Waals surface area contributed by atoms with E-state index in [9.17, 15) is 17.6 Å². The number of rotatable bonds is 3. The molecule has 0 saturated heterocycles. The fourth-order valence-electron chi connectivity index (χ4n) is 1.17. The quantitative estimate of drug-likeness (QED) is 0.771. The molecule has 84 valence electrons. The molecule has 0 aromatic heterocycles. The van der Waals surface area contributed by atoms with E-state index in [1.165, 1.54) is 6.07 Å². The molecular weight excluding hydrogens is 210 g/mol. The van der Waals surface area contributed by atoms with Crippen LogP contribution >= 0.6 is 0 Å². The van der Waals surface area contributed by atoms with Gasteiger partial charge in [-0.3, -0.25) is 0 Å². The Morgan fingerprint density at radius 1 is 1.27 bits per heavy atom. The number of hydrogen-bond donors (Lipinski definition) is 1. The summed E-state index contributed by atoms with van der Waals surface area (Å²) in [5, 5.41) is 2.60. The number of alkyl halides is 4. The Kier molecular flexibility index (Phi) is 3.55.